The number of likely N-dealkylation sites (tertiary alicyclic amines) is 1. The van der Waals surface area contributed by atoms with Gasteiger partial charge in [-0.3, -0.25) is 9.59 Å². The standard InChI is InChI=1S/C22H22ClN3O2/c23-19-6-2-1-5-18(19)21(27)25-13-15-4-3-11-26(14-15)22(28)17-7-8-20-16(12-17)9-10-24-20/h1-2,5-10,12,15,24H,3-4,11,13-14H2,(H,25,27). The minimum atomic E-state index is -0.174. The minimum absolute atomic E-state index is 0.0465. The number of aromatic amines is 1. The molecule has 3 aromatic rings. The van der Waals surface area contributed by atoms with Gasteiger partial charge < -0.3 is 15.2 Å². The molecule has 1 aliphatic rings. The summed E-state index contributed by atoms with van der Waals surface area (Å²) in [5.74, 6) is 0.109. The summed E-state index contributed by atoms with van der Waals surface area (Å²) in [4.78, 5) is 30.3. The second-order valence-corrected chi connectivity index (χ2v) is 7.64. The van der Waals surface area contributed by atoms with Gasteiger partial charge in [-0.2, -0.15) is 0 Å². The lowest BCUT2D eigenvalue weighted by molar-refractivity contribution is 0.0671. The number of H-pyrrole nitrogens is 1. The van der Waals surface area contributed by atoms with Crippen LogP contribution in [0.25, 0.3) is 10.9 Å². The molecular formula is C22H22ClN3O2. The highest BCUT2D eigenvalue weighted by Crippen LogP contribution is 2.21. The number of amides is 2. The van der Waals surface area contributed by atoms with Gasteiger partial charge in [0.05, 0.1) is 10.6 Å². The summed E-state index contributed by atoms with van der Waals surface area (Å²) in [6.45, 7) is 1.93. The fraction of sp³-hybridized carbons (Fsp3) is 0.273. The van der Waals surface area contributed by atoms with Gasteiger partial charge in [0.15, 0.2) is 0 Å². The first-order valence-electron chi connectivity index (χ1n) is 9.51. The highest BCUT2D eigenvalue weighted by atomic mass is 35.5. The molecule has 1 aliphatic heterocycles. The number of nitrogens with one attached hydrogen (secondary N) is 2. The van der Waals surface area contributed by atoms with E-state index in [9.17, 15) is 9.59 Å². The third-order valence-corrected chi connectivity index (χ3v) is 5.61. The summed E-state index contributed by atoms with van der Waals surface area (Å²) in [6.07, 6.45) is 3.80. The number of piperidine rings is 1. The van der Waals surface area contributed by atoms with Crippen molar-refractivity contribution in [1.29, 1.82) is 0 Å². The van der Waals surface area contributed by atoms with Gasteiger partial charge in [0.2, 0.25) is 0 Å². The lowest BCUT2D eigenvalue weighted by Crippen LogP contribution is -2.43. The molecular weight excluding hydrogens is 374 g/mol. The van der Waals surface area contributed by atoms with Crippen molar-refractivity contribution < 1.29 is 9.59 Å². The number of nitrogens with zero attached hydrogens (tertiary/aromatic N) is 1. The lowest BCUT2D eigenvalue weighted by atomic mass is 9.97. The fourth-order valence-electron chi connectivity index (χ4n) is 3.76. The Morgan fingerprint density at radius 2 is 2.04 bits per heavy atom. The van der Waals surface area contributed by atoms with Crippen molar-refractivity contribution in [2.75, 3.05) is 19.6 Å². The van der Waals surface area contributed by atoms with Crippen LogP contribution in [0.1, 0.15) is 33.6 Å². The zero-order valence-electron chi connectivity index (χ0n) is 15.5. The van der Waals surface area contributed by atoms with Gasteiger partial charge in [0, 0.05) is 42.3 Å². The van der Waals surface area contributed by atoms with E-state index in [0.717, 1.165) is 30.3 Å². The van der Waals surface area contributed by atoms with Crippen LogP contribution in [0, 0.1) is 5.92 Å². The van der Waals surface area contributed by atoms with Gasteiger partial charge in [0.25, 0.3) is 11.8 Å². The average molecular weight is 396 g/mol. The van der Waals surface area contributed by atoms with Crippen molar-refractivity contribution in [3.8, 4) is 0 Å². The first-order valence-corrected chi connectivity index (χ1v) is 9.89. The molecule has 4 rings (SSSR count). The summed E-state index contributed by atoms with van der Waals surface area (Å²) < 4.78 is 0. The van der Waals surface area contributed by atoms with Gasteiger partial charge in [0.1, 0.15) is 0 Å². The number of carbonyl (C=O) groups is 2. The van der Waals surface area contributed by atoms with Crippen LogP contribution in [0.5, 0.6) is 0 Å². The number of halogens is 1. The van der Waals surface area contributed by atoms with Crippen molar-refractivity contribution in [2.24, 2.45) is 5.92 Å². The van der Waals surface area contributed by atoms with Crippen molar-refractivity contribution in [2.45, 2.75) is 12.8 Å². The van der Waals surface area contributed by atoms with Gasteiger partial charge >= 0.3 is 0 Å². The molecule has 0 bridgehead atoms. The smallest absolute Gasteiger partial charge is 0.253 e. The Morgan fingerprint density at radius 3 is 2.89 bits per heavy atom. The van der Waals surface area contributed by atoms with Crippen LogP contribution in [0.3, 0.4) is 0 Å². The Kier molecular flexibility index (Phi) is 5.35. The molecule has 6 heteroatoms. The van der Waals surface area contributed by atoms with Crippen molar-refractivity contribution >= 4 is 34.3 Å². The molecule has 1 saturated heterocycles. The minimum Gasteiger partial charge on any atom is -0.361 e. The summed E-state index contributed by atoms with van der Waals surface area (Å²) in [7, 11) is 0. The maximum atomic E-state index is 12.9. The second-order valence-electron chi connectivity index (χ2n) is 7.23. The largest absolute Gasteiger partial charge is 0.361 e. The Morgan fingerprint density at radius 1 is 1.18 bits per heavy atom. The number of hydrogen-bond donors (Lipinski definition) is 2. The summed E-state index contributed by atoms with van der Waals surface area (Å²) in [6, 6.07) is 14.7. The fourth-order valence-corrected chi connectivity index (χ4v) is 3.98. The third kappa shape index (κ3) is 3.90. The molecule has 28 heavy (non-hydrogen) atoms. The molecule has 1 atom stereocenters. The summed E-state index contributed by atoms with van der Waals surface area (Å²) in [5, 5.41) is 4.44. The van der Waals surface area contributed by atoms with Gasteiger partial charge in [-0.1, -0.05) is 23.7 Å². The first-order chi connectivity index (χ1) is 13.6. The average Bonchev–Trinajstić information content (AvgIpc) is 3.20. The number of fused-ring (bicyclic) bond motifs is 1. The van der Waals surface area contributed by atoms with E-state index in [1.54, 1.807) is 24.3 Å². The number of hydrogen-bond acceptors (Lipinski definition) is 2. The van der Waals surface area contributed by atoms with E-state index in [1.807, 2.05) is 35.4 Å². The Bertz CT molecular complexity index is 1010. The molecule has 0 radical (unpaired) electrons. The molecule has 2 amide bonds. The summed E-state index contributed by atoms with van der Waals surface area (Å²) in [5.41, 5.74) is 2.20. The normalized spacial score (nSPS) is 16.9. The zero-order chi connectivity index (χ0) is 19.5. The van der Waals surface area contributed by atoms with Crippen LogP contribution in [0.2, 0.25) is 5.02 Å². The first kappa shape index (κ1) is 18.6. The van der Waals surface area contributed by atoms with Gasteiger partial charge in [-0.15, -0.1) is 0 Å². The topological polar surface area (TPSA) is 65.2 Å². The van der Waals surface area contributed by atoms with Crippen molar-refractivity contribution in [1.82, 2.24) is 15.2 Å². The SMILES string of the molecule is O=C(NCC1CCCN(C(=O)c2ccc3[nH]ccc3c2)C1)c1ccccc1Cl. The summed E-state index contributed by atoms with van der Waals surface area (Å²) >= 11 is 6.09. The molecule has 5 nitrogen and oxygen atoms in total. The molecule has 2 aromatic carbocycles. The highest BCUT2D eigenvalue weighted by molar-refractivity contribution is 6.33. The molecule has 0 aliphatic carbocycles. The molecule has 0 spiro atoms. The third-order valence-electron chi connectivity index (χ3n) is 5.28. The Labute approximate surface area is 168 Å². The van der Waals surface area contributed by atoms with Crippen LogP contribution in [0.15, 0.2) is 54.7 Å². The highest BCUT2D eigenvalue weighted by Gasteiger charge is 2.25. The van der Waals surface area contributed by atoms with Crippen molar-refractivity contribution in [3.63, 3.8) is 0 Å². The van der Waals surface area contributed by atoms with E-state index < -0.39 is 0 Å². The van der Waals surface area contributed by atoms with E-state index >= 15 is 0 Å². The van der Waals surface area contributed by atoms with Gasteiger partial charge in [-0.25, -0.2) is 0 Å². The number of carbonyl (C=O) groups excluding carboxylic acids is 2. The quantitative estimate of drug-likeness (QED) is 0.698. The van der Waals surface area contributed by atoms with E-state index in [2.05, 4.69) is 10.3 Å². The maximum Gasteiger partial charge on any atom is 0.253 e. The van der Waals surface area contributed by atoms with E-state index in [4.69, 9.17) is 11.6 Å². The second kappa shape index (κ2) is 8.07. The predicted molar refractivity (Wildman–Crippen MR) is 111 cm³/mol. The van der Waals surface area contributed by atoms with Crippen LogP contribution < -0.4 is 5.32 Å². The van der Waals surface area contributed by atoms with E-state index in [-0.39, 0.29) is 17.7 Å². The van der Waals surface area contributed by atoms with Crippen LogP contribution >= 0.6 is 11.6 Å². The molecule has 2 N–H and O–H groups in total. The Balaban J connectivity index is 1.38. The molecule has 1 aromatic heterocycles. The predicted octanol–water partition coefficient (Wildman–Crippen LogP) is 4.10. The molecule has 1 fully saturated rings. The maximum absolute atomic E-state index is 12.9. The van der Waals surface area contributed by atoms with E-state index in [0.29, 0.717) is 29.2 Å². The Hall–Kier alpha value is -2.79. The lowest BCUT2D eigenvalue weighted by Gasteiger charge is -2.33. The van der Waals surface area contributed by atoms with Gasteiger partial charge in [-0.05, 0) is 55.2 Å². The number of aromatic nitrogens is 1. The van der Waals surface area contributed by atoms with Crippen molar-refractivity contribution in [3.05, 3.63) is 70.9 Å². The zero-order valence-corrected chi connectivity index (χ0v) is 16.2. The molecule has 0 saturated carbocycles. The van der Waals surface area contributed by atoms with Crippen LogP contribution in [-0.4, -0.2) is 41.3 Å². The number of benzene rings is 2. The molecule has 2 heterocycles. The molecule has 1 unspecified atom stereocenters. The molecule has 144 valence electrons. The van der Waals surface area contributed by atoms with Crippen LogP contribution in [0.4, 0.5) is 0 Å². The monoisotopic (exact) mass is 395 g/mol. The van der Waals surface area contributed by atoms with E-state index in [1.165, 1.54) is 0 Å². The van der Waals surface area contributed by atoms with Crippen LogP contribution in [-0.2, 0) is 0 Å². The number of rotatable bonds is 4.